The molecule has 0 spiro atoms. The highest BCUT2D eigenvalue weighted by atomic mass is 16.5. The molecule has 0 unspecified atom stereocenters. The standard InChI is InChI=1S/C15H18N2O2/c16-10-15-12(6-9-19-15)11-17-7-3-8-18-14-5-2-1-4-13(14)17/h1-2,4-6,9H,3,7-8,10-11,16H2. The van der Waals surface area contributed by atoms with E-state index < -0.39 is 0 Å². The highest BCUT2D eigenvalue weighted by Gasteiger charge is 2.17. The fourth-order valence-electron chi connectivity index (χ4n) is 2.46. The SMILES string of the molecule is NCc1occc1CN1CCCOc2ccccc21. The van der Waals surface area contributed by atoms with E-state index in [1.807, 2.05) is 24.3 Å². The van der Waals surface area contributed by atoms with E-state index in [1.54, 1.807) is 6.26 Å². The number of anilines is 1. The summed E-state index contributed by atoms with van der Waals surface area (Å²) in [5, 5.41) is 0. The number of rotatable bonds is 3. The summed E-state index contributed by atoms with van der Waals surface area (Å²) in [6.45, 7) is 2.99. The minimum Gasteiger partial charge on any atom is -0.491 e. The van der Waals surface area contributed by atoms with Gasteiger partial charge in [-0.2, -0.15) is 0 Å². The number of nitrogens with zero attached hydrogens (tertiary/aromatic N) is 1. The van der Waals surface area contributed by atoms with Gasteiger partial charge in [0.15, 0.2) is 0 Å². The molecule has 0 fully saturated rings. The van der Waals surface area contributed by atoms with E-state index >= 15 is 0 Å². The van der Waals surface area contributed by atoms with E-state index in [-0.39, 0.29) is 0 Å². The third kappa shape index (κ3) is 2.44. The Balaban J connectivity index is 1.88. The Kier molecular flexibility index (Phi) is 3.42. The van der Waals surface area contributed by atoms with Crippen LogP contribution in [0.1, 0.15) is 17.7 Å². The van der Waals surface area contributed by atoms with Crippen molar-refractivity contribution in [1.82, 2.24) is 0 Å². The van der Waals surface area contributed by atoms with Crippen LogP contribution >= 0.6 is 0 Å². The third-order valence-electron chi connectivity index (χ3n) is 3.42. The highest BCUT2D eigenvalue weighted by Crippen LogP contribution is 2.31. The lowest BCUT2D eigenvalue weighted by Crippen LogP contribution is -2.23. The Morgan fingerprint density at radius 1 is 1.21 bits per heavy atom. The maximum atomic E-state index is 5.76. The molecule has 0 saturated heterocycles. The first kappa shape index (κ1) is 12.1. The van der Waals surface area contributed by atoms with Crippen molar-refractivity contribution in [2.75, 3.05) is 18.1 Å². The highest BCUT2D eigenvalue weighted by molar-refractivity contribution is 5.59. The van der Waals surface area contributed by atoms with Crippen LogP contribution in [0.15, 0.2) is 41.0 Å². The number of hydrogen-bond acceptors (Lipinski definition) is 4. The number of para-hydroxylation sites is 2. The quantitative estimate of drug-likeness (QED) is 0.919. The number of benzene rings is 1. The first-order chi connectivity index (χ1) is 9.38. The molecule has 0 bridgehead atoms. The Morgan fingerprint density at radius 3 is 3.00 bits per heavy atom. The second-order valence-electron chi connectivity index (χ2n) is 4.66. The lowest BCUT2D eigenvalue weighted by atomic mass is 10.2. The van der Waals surface area contributed by atoms with E-state index in [4.69, 9.17) is 14.9 Å². The number of furan rings is 1. The summed E-state index contributed by atoms with van der Waals surface area (Å²) in [6, 6.07) is 10.2. The largest absolute Gasteiger partial charge is 0.491 e. The molecule has 3 rings (SSSR count). The van der Waals surface area contributed by atoms with E-state index in [2.05, 4.69) is 11.0 Å². The van der Waals surface area contributed by atoms with Gasteiger partial charge in [-0.3, -0.25) is 0 Å². The van der Waals surface area contributed by atoms with Crippen LogP contribution in [0, 0.1) is 0 Å². The van der Waals surface area contributed by atoms with Crippen LogP contribution in [-0.2, 0) is 13.1 Å². The second kappa shape index (κ2) is 5.36. The lowest BCUT2D eigenvalue weighted by molar-refractivity contribution is 0.322. The molecule has 0 radical (unpaired) electrons. The number of fused-ring (bicyclic) bond motifs is 1. The van der Waals surface area contributed by atoms with Gasteiger partial charge in [0.25, 0.3) is 0 Å². The van der Waals surface area contributed by atoms with Crippen molar-refractivity contribution in [3.05, 3.63) is 47.9 Å². The molecule has 0 aliphatic carbocycles. The molecular weight excluding hydrogens is 240 g/mol. The molecule has 100 valence electrons. The van der Waals surface area contributed by atoms with Crippen LogP contribution in [0.5, 0.6) is 5.75 Å². The van der Waals surface area contributed by atoms with E-state index in [1.165, 1.54) is 0 Å². The van der Waals surface area contributed by atoms with Crippen LogP contribution in [0.2, 0.25) is 0 Å². The van der Waals surface area contributed by atoms with Gasteiger partial charge in [0.1, 0.15) is 11.5 Å². The van der Waals surface area contributed by atoms with Crippen molar-refractivity contribution in [1.29, 1.82) is 0 Å². The maximum Gasteiger partial charge on any atom is 0.142 e. The normalized spacial score (nSPS) is 14.7. The van der Waals surface area contributed by atoms with Gasteiger partial charge in [-0.15, -0.1) is 0 Å². The molecule has 4 heteroatoms. The molecule has 1 aromatic heterocycles. The van der Waals surface area contributed by atoms with Crippen molar-refractivity contribution in [2.24, 2.45) is 5.73 Å². The Bertz CT molecular complexity index is 551. The van der Waals surface area contributed by atoms with Gasteiger partial charge in [0, 0.05) is 18.7 Å². The van der Waals surface area contributed by atoms with E-state index in [0.29, 0.717) is 6.54 Å². The zero-order chi connectivity index (χ0) is 13.1. The molecule has 1 aromatic carbocycles. The molecule has 0 atom stereocenters. The maximum absolute atomic E-state index is 5.76. The zero-order valence-corrected chi connectivity index (χ0v) is 10.8. The Hall–Kier alpha value is -1.94. The predicted molar refractivity (Wildman–Crippen MR) is 74.2 cm³/mol. The number of hydrogen-bond donors (Lipinski definition) is 1. The predicted octanol–water partition coefficient (Wildman–Crippen LogP) is 2.53. The van der Waals surface area contributed by atoms with Gasteiger partial charge in [0.2, 0.25) is 0 Å². The van der Waals surface area contributed by atoms with Gasteiger partial charge >= 0.3 is 0 Å². The van der Waals surface area contributed by atoms with Crippen LogP contribution in [0.25, 0.3) is 0 Å². The molecule has 2 heterocycles. The molecule has 4 nitrogen and oxygen atoms in total. The molecule has 1 aliphatic heterocycles. The second-order valence-corrected chi connectivity index (χ2v) is 4.66. The monoisotopic (exact) mass is 258 g/mol. The molecule has 0 amide bonds. The van der Waals surface area contributed by atoms with E-state index in [0.717, 1.165) is 48.9 Å². The van der Waals surface area contributed by atoms with Gasteiger partial charge in [-0.1, -0.05) is 12.1 Å². The minimum atomic E-state index is 0.439. The first-order valence-corrected chi connectivity index (χ1v) is 6.60. The van der Waals surface area contributed by atoms with Gasteiger partial charge in [0.05, 0.1) is 25.1 Å². The molecule has 2 aromatic rings. The molecule has 1 aliphatic rings. The van der Waals surface area contributed by atoms with Gasteiger partial charge in [-0.05, 0) is 24.6 Å². The van der Waals surface area contributed by atoms with Crippen LogP contribution in [0.3, 0.4) is 0 Å². The third-order valence-corrected chi connectivity index (χ3v) is 3.42. The van der Waals surface area contributed by atoms with Crippen molar-refractivity contribution < 1.29 is 9.15 Å². The summed E-state index contributed by atoms with van der Waals surface area (Å²) in [5.74, 6) is 1.82. The van der Waals surface area contributed by atoms with Crippen molar-refractivity contribution >= 4 is 5.69 Å². The molecular formula is C15H18N2O2. The molecule has 2 N–H and O–H groups in total. The topological polar surface area (TPSA) is 51.6 Å². The number of nitrogens with two attached hydrogens (primary N) is 1. The van der Waals surface area contributed by atoms with Crippen molar-refractivity contribution in [3.8, 4) is 5.75 Å². The summed E-state index contributed by atoms with van der Waals surface area (Å²) in [4.78, 5) is 2.33. The summed E-state index contributed by atoms with van der Waals surface area (Å²) in [7, 11) is 0. The minimum absolute atomic E-state index is 0.439. The van der Waals surface area contributed by atoms with Crippen LogP contribution < -0.4 is 15.4 Å². The Labute approximate surface area is 112 Å². The van der Waals surface area contributed by atoms with Crippen molar-refractivity contribution in [2.45, 2.75) is 19.5 Å². The average molecular weight is 258 g/mol. The lowest BCUT2D eigenvalue weighted by Gasteiger charge is -2.23. The smallest absolute Gasteiger partial charge is 0.142 e. The zero-order valence-electron chi connectivity index (χ0n) is 10.8. The average Bonchev–Trinajstić information content (AvgIpc) is 2.80. The Morgan fingerprint density at radius 2 is 2.11 bits per heavy atom. The van der Waals surface area contributed by atoms with Crippen LogP contribution in [-0.4, -0.2) is 13.2 Å². The molecule has 19 heavy (non-hydrogen) atoms. The van der Waals surface area contributed by atoms with Gasteiger partial charge < -0.3 is 19.8 Å². The summed E-state index contributed by atoms with van der Waals surface area (Å²) >= 11 is 0. The fourth-order valence-corrected chi connectivity index (χ4v) is 2.46. The van der Waals surface area contributed by atoms with Crippen LogP contribution in [0.4, 0.5) is 5.69 Å². The summed E-state index contributed by atoms with van der Waals surface area (Å²) in [5.41, 5.74) is 7.98. The van der Waals surface area contributed by atoms with Crippen molar-refractivity contribution in [3.63, 3.8) is 0 Å². The fraction of sp³-hybridized carbons (Fsp3) is 0.333. The van der Waals surface area contributed by atoms with E-state index in [9.17, 15) is 0 Å². The summed E-state index contributed by atoms with van der Waals surface area (Å²) < 4.78 is 11.2. The summed E-state index contributed by atoms with van der Waals surface area (Å²) in [6.07, 6.45) is 2.72. The number of ether oxygens (including phenoxy) is 1. The first-order valence-electron chi connectivity index (χ1n) is 6.60. The molecule has 0 saturated carbocycles. The van der Waals surface area contributed by atoms with Gasteiger partial charge in [-0.25, -0.2) is 0 Å².